The predicted molar refractivity (Wildman–Crippen MR) is 61.2 cm³/mol. The van der Waals surface area contributed by atoms with E-state index < -0.39 is 30.4 Å². The second-order valence-corrected chi connectivity index (χ2v) is 4.28. The van der Waals surface area contributed by atoms with Crippen molar-refractivity contribution in [1.82, 2.24) is 0 Å². The first-order valence-electron chi connectivity index (χ1n) is 4.61. The molecule has 0 radical (unpaired) electrons. The van der Waals surface area contributed by atoms with Crippen molar-refractivity contribution in [1.29, 1.82) is 0 Å². The normalized spacial score (nSPS) is 14.4. The highest BCUT2D eigenvalue weighted by molar-refractivity contribution is 6.36. The zero-order chi connectivity index (χ0) is 13.2. The zero-order valence-corrected chi connectivity index (χ0v) is 10.0. The minimum absolute atomic E-state index is 0.0384. The molecule has 0 spiro atoms. The number of halogens is 3. The third kappa shape index (κ3) is 3.54. The van der Waals surface area contributed by atoms with Crippen LogP contribution in [-0.4, -0.2) is 22.2 Å². The Bertz CT molecular complexity index is 419. The molecule has 1 aromatic carbocycles. The van der Waals surface area contributed by atoms with Gasteiger partial charge in [0.2, 0.25) is 5.91 Å². The van der Waals surface area contributed by atoms with Crippen LogP contribution >= 0.6 is 23.2 Å². The predicted octanol–water partition coefficient (Wildman–Crippen LogP) is 1.40. The highest BCUT2D eigenvalue weighted by Gasteiger charge is 2.25. The van der Waals surface area contributed by atoms with Gasteiger partial charge in [-0.15, -0.1) is 0 Å². The molecular weight excluding hydrogens is 272 g/mol. The maximum Gasteiger partial charge on any atom is 0.220 e. The Hall–Kier alpha value is -0.880. The van der Waals surface area contributed by atoms with E-state index in [4.69, 9.17) is 28.9 Å². The van der Waals surface area contributed by atoms with Gasteiger partial charge >= 0.3 is 0 Å². The van der Waals surface area contributed by atoms with Crippen LogP contribution in [0.3, 0.4) is 0 Å². The van der Waals surface area contributed by atoms with Crippen molar-refractivity contribution in [3.05, 3.63) is 33.6 Å². The SMILES string of the molecule is NC(=O)CC(O)C(O)c1c(Cl)cc(F)cc1Cl. The monoisotopic (exact) mass is 281 g/mol. The summed E-state index contributed by atoms with van der Waals surface area (Å²) in [7, 11) is 0. The lowest BCUT2D eigenvalue weighted by Gasteiger charge is -2.19. The first-order valence-corrected chi connectivity index (χ1v) is 5.37. The molecule has 0 saturated carbocycles. The van der Waals surface area contributed by atoms with Gasteiger partial charge in [-0.05, 0) is 12.1 Å². The van der Waals surface area contributed by atoms with E-state index in [-0.39, 0.29) is 15.6 Å². The van der Waals surface area contributed by atoms with Crippen LogP contribution in [0.1, 0.15) is 18.1 Å². The molecule has 4 N–H and O–H groups in total. The van der Waals surface area contributed by atoms with Gasteiger partial charge in [0.1, 0.15) is 11.9 Å². The van der Waals surface area contributed by atoms with Crippen LogP contribution in [0.2, 0.25) is 10.0 Å². The van der Waals surface area contributed by atoms with Crippen LogP contribution in [0.15, 0.2) is 12.1 Å². The zero-order valence-electron chi connectivity index (χ0n) is 8.53. The fraction of sp³-hybridized carbons (Fsp3) is 0.300. The maximum atomic E-state index is 12.9. The number of primary amides is 1. The summed E-state index contributed by atoms with van der Waals surface area (Å²) in [4.78, 5) is 10.6. The summed E-state index contributed by atoms with van der Waals surface area (Å²) in [6.45, 7) is 0. The van der Waals surface area contributed by atoms with Gasteiger partial charge in [-0.3, -0.25) is 4.79 Å². The summed E-state index contributed by atoms with van der Waals surface area (Å²) in [5.74, 6) is -1.45. The van der Waals surface area contributed by atoms with Gasteiger partial charge in [0.15, 0.2) is 0 Å². The molecule has 0 saturated heterocycles. The van der Waals surface area contributed by atoms with Gasteiger partial charge in [0.25, 0.3) is 0 Å². The van der Waals surface area contributed by atoms with E-state index in [9.17, 15) is 19.4 Å². The van der Waals surface area contributed by atoms with Gasteiger partial charge in [0.05, 0.1) is 22.6 Å². The lowest BCUT2D eigenvalue weighted by atomic mass is 10.0. The average molecular weight is 282 g/mol. The molecule has 4 nitrogen and oxygen atoms in total. The van der Waals surface area contributed by atoms with Gasteiger partial charge in [-0.2, -0.15) is 0 Å². The number of hydrogen-bond acceptors (Lipinski definition) is 3. The minimum Gasteiger partial charge on any atom is -0.390 e. The molecule has 0 fully saturated rings. The average Bonchev–Trinajstić information content (AvgIpc) is 2.14. The second-order valence-electron chi connectivity index (χ2n) is 3.47. The molecule has 7 heteroatoms. The van der Waals surface area contributed by atoms with E-state index in [1.165, 1.54) is 0 Å². The van der Waals surface area contributed by atoms with Gasteiger partial charge in [-0.25, -0.2) is 4.39 Å². The van der Waals surface area contributed by atoms with Crippen LogP contribution < -0.4 is 5.73 Å². The van der Waals surface area contributed by atoms with Crippen LogP contribution in [0.4, 0.5) is 4.39 Å². The highest BCUT2D eigenvalue weighted by atomic mass is 35.5. The molecule has 0 heterocycles. The molecule has 0 aliphatic rings. The van der Waals surface area contributed by atoms with Crippen molar-refractivity contribution >= 4 is 29.1 Å². The van der Waals surface area contributed by atoms with Gasteiger partial charge < -0.3 is 15.9 Å². The molecule has 0 aliphatic carbocycles. The van der Waals surface area contributed by atoms with E-state index in [0.717, 1.165) is 12.1 Å². The fourth-order valence-electron chi connectivity index (χ4n) is 1.35. The van der Waals surface area contributed by atoms with E-state index in [0.29, 0.717) is 0 Å². The highest BCUT2D eigenvalue weighted by Crippen LogP contribution is 2.33. The minimum atomic E-state index is -1.51. The number of hydrogen-bond donors (Lipinski definition) is 3. The Morgan fingerprint density at radius 1 is 1.35 bits per heavy atom. The largest absolute Gasteiger partial charge is 0.390 e. The Kier molecular flexibility index (Phi) is 4.70. The first kappa shape index (κ1) is 14.2. The molecule has 1 aromatic rings. The smallest absolute Gasteiger partial charge is 0.220 e. The molecule has 1 rings (SSSR count). The number of aliphatic hydroxyl groups excluding tert-OH is 2. The number of aliphatic hydroxyl groups is 2. The molecule has 1 amide bonds. The van der Waals surface area contributed by atoms with Crippen molar-refractivity contribution in [2.75, 3.05) is 0 Å². The number of carbonyl (C=O) groups is 1. The van der Waals surface area contributed by atoms with Crippen molar-refractivity contribution in [3.8, 4) is 0 Å². The molecule has 0 aliphatic heterocycles. The number of amides is 1. The Labute approximate surface area is 107 Å². The van der Waals surface area contributed by atoms with Gasteiger partial charge in [0, 0.05) is 5.56 Å². The van der Waals surface area contributed by atoms with E-state index in [1.807, 2.05) is 0 Å². The maximum absolute atomic E-state index is 12.9. The number of carbonyl (C=O) groups excluding carboxylic acids is 1. The van der Waals surface area contributed by atoms with Crippen LogP contribution in [0, 0.1) is 5.82 Å². The van der Waals surface area contributed by atoms with Crippen molar-refractivity contribution < 1.29 is 19.4 Å². The summed E-state index contributed by atoms with van der Waals surface area (Å²) in [6.07, 6.45) is -3.42. The summed E-state index contributed by atoms with van der Waals surface area (Å²) < 4.78 is 12.9. The van der Waals surface area contributed by atoms with E-state index >= 15 is 0 Å². The van der Waals surface area contributed by atoms with Gasteiger partial charge in [-0.1, -0.05) is 23.2 Å². The Morgan fingerprint density at radius 3 is 2.24 bits per heavy atom. The Morgan fingerprint density at radius 2 is 1.82 bits per heavy atom. The van der Waals surface area contributed by atoms with Crippen LogP contribution in [-0.2, 0) is 4.79 Å². The Balaban J connectivity index is 3.03. The topological polar surface area (TPSA) is 83.6 Å². The van der Waals surface area contributed by atoms with Crippen LogP contribution in [0.25, 0.3) is 0 Å². The van der Waals surface area contributed by atoms with E-state index in [2.05, 4.69) is 0 Å². The van der Waals surface area contributed by atoms with Crippen molar-refractivity contribution in [3.63, 3.8) is 0 Å². The standard InChI is InChI=1S/C10H10Cl2FNO3/c11-5-1-4(13)2-6(12)9(5)10(17)7(15)3-8(14)16/h1-2,7,10,15,17H,3H2,(H2,14,16). The summed E-state index contributed by atoms with van der Waals surface area (Å²) in [5, 5.41) is 19.0. The van der Waals surface area contributed by atoms with Crippen LogP contribution in [0.5, 0.6) is 0 Å². The summed E-state index contributed by atoms with van der Waals surface area (Å²) in [5.41, 5.74) is 4.84. The van der Waals surface area contributed by atoms with Crippen molar-refractivity contribution in [2.45, 2.75) is 18.6 Å². The summed E-state index contributed by atoms with van der Waals surface area (Å²) >= 11 is 11.4. The molecule has 94 valence electrons. The van der Waals surface area contributed by atoms with Crippen molar-refractivity contribution in [2.24, 2.45) is 5.73 Å². The molecule has 0 aromatic heterocycles. The molecular formula is C10H10Cl2FNO3. The second kappa shape index (κ2) is 5.64. The number of rotatable bonds is 4. The number of nitrogens with two attached hydrogens (primary N) is 1. The first-order chi connectivity index (χ1) is 7.82. The molecule has 2 atom stereocenters. The lowest BCUT2D eigenvalue weighted by Crippen LogP contribution is -2.26. The molecule has 2 unspecified atom stereocenters. The molecule has 17 heavy (non-hydrogen) atoms. The quantitative estimate of drug-likeness (QED) is 0.780. The lowest BCUT2D eigenvalue weighted by molar-refractivity contribution is -0.121. The third-order valence-corrected chi connectivity index (χ3v) is 2.74. The third-order valence-electron chi connectivity index (χ3n) is 2.11. The van der Waals surface area contributed by atoms with E-state index in [1.54, 1.807) is 0 Å². The number of benzene rings is 1. The summed E-state index contributed by atoms with van der Waals surface area (Å²) in [6, 6.07) is 1.89. The fourth-order valence-corrected chi connectivity index (χ4v) is 2.03. The molecule has 0 bridgehead atoms.